The summed E-state index contributed by atoms with van der Waals surface area (Å²) in [6.07, 6.45) is 7.70. The lowest BCUT2D eigenvalue weighted by Crippen LogP contribution is -2.54. The number of nitrogens with zero attached hydrogens (tertiary/aromatic N) is 3. The Hall–Kier alpha value is -2.40. The highest BCUT2D eigenvalue weighted by Crippen LogP contribution is 2.32. The number of nitrogens with one attached hydrogen (secondary N) is 1. The van der Waals surface area contributed by atoms with Gasteiger partial charge >= 0.3 is 0 Å². The van der Waals surface area contributed by atoms with Crippen molar-refractivity contribution in [2.75, 3.05) is 25.0 Å². The van der Waals surface area contributed by atoms with Crippen LogP contribution >= 0.6 is 0 Å². The third-order valence-corrected chi connectivity index (χ3v) is 6.64. The molecule has 1 saturated carbocycles. The molecule has 2 saturated heterocycles. The molecule has 0 bridgehead atoms. The number of likely N-dealkylation sites (tertiary alicyclic amines) is 2. The number of amides is 1. The summed E-state index contributed by atoms with van der Waals surface area (Å²) in [6, 6.07) is 15.8. The van der Waals surface area contributed by atoms with Crippen molar-refractivity contribution >= 4 is 11.7 Å². The second-order valence-electron chi connectivity index (χ2n) is 8.82. The predicted octanol–water partition coefficient (Wildman–Crippen LogP) is 3.78. The van der Waals surface area contributed by atoms with Crippen molar-refractivity contribution < 1.29 is 4.79 Å². The second kappa shape index (κ2) is 8.15. The molecule has 3 heterocycles. The van der Waals surface area contributed by atoms with E-state index in [0.717, 1.165) is 31.9 Å². The van der Waals surface area contributed by atoms with Gasteiger partial charge in [-0.2, -0.15) is 0 Å². The van der Waals surface area contributed by atoms with Crippen LogP contribution in [-0.2, 0) is 6.54 Å². The monoisotopic (exact) mass is 390 g/mol. The van der Waals surface area contributed by atoms with Gasteiger partial charge in [0.1, 0.15) is 5.82 Å². The maximum Gasteiger partial charge on any atom is 0.255 e. The molecule has 152 valence electrons. The summed E-state index contributed by atoms with van der Waals surface area (Å²) < 4.78 is 0. The minimum Gasteiger partial charge on any atom is -0.367 e. The lowest BCUT2D eigenvalue weighted by Gasteiger charge is -2.47. The zero-order valence-electron chi connectivity index (χ0n) is 17.0. The van der Waals surface area contributed by atoms with Crippen LogP contribution in [0.2, 0.25) is 0 Å². The maximum absolute atomic E-state index is 13.0. The molecule has 1 aromatic heterocycles. The van der Waals surface area contributed by atoms with Crippen molar-refractivity contribution in [1.82, 2.24) is 14.8 Å². The van der Waals surface area contributed by atoms with Gasteiger partial charge in [-0.25, -0.2) is 4.98 Å². The van der Waals surface area contributed by atoms with Crippen LogP contribution in [0.5, 0.6) is 0 Å². The van der Waals surface area contributed by atoms with Crippen LogP contribution in [-0.4, -0.2) is 52.4 Å². The van der Waals surface area contributed by atoms with Gasteiger partial charge in [-0.05, 0) is 62.3 Å². The van der Waals surface area contributed by atoms with Gasteiger partial charge in [-0.15, -0.1) is 0 Å². The molecule has 1 amide bonds. The average Bonchev–Trinajstić information content (AvgIpc) is 3.58. The van der Waals surface area contributed by atoms with Gasteiger partial charge < -0.3 is 10.2 Å². The topological polar surface area (TPSA) is 48.5 Å². The Labute approximate surface area is 173 Å². The van der Waals surface area contributed by atoms with E-state index in [2.05, 4.69) is 50.4 Å². The van der Waals surface area contributed by atoms with Crippen molar-refractivity contribution in [2.45, 2.75) is 50.7 Å². The molecule has 0 radical (unpaired) electrons. The van der Waals surface area contributed by atoms with E-state index < -0.39 is 0 Å². The fourth-order valence-electron chi connectivity index (χ4n) is 4.93. The number of rotatable bonds is 5. The number of carbonyl (C=O) groups is 1. The average molecular weight is 391 g/mol. The number of fused-ring (bicyclic) bond motifs is 1. The highest BCUT2D eigenvalue weighted by atomic mass is 16.2. The Morgan fingerprint density at radius 3 is 2.66 bits per heavy atom. The Kier molecular flexibility index (Phi) is 5.23. The normalized spacial score (nSPS) is 24.8. The van der Waals surface area contributed by atoms with Gasteiger partial charge in [0.25, 0.3) is 5.91 Å². The summed E-state index contributed by atoms with van der Waals surface area (Å²) >= 11 is 0. The summed E-state index contributed by atoms with van der Waals surface area (Å²) in [4.78, 5) is 22.2. The molecule has 5 nitrogen and oxygen atoms in total. The summed E-state index contributed by atoms with van der Waals surface area (Å²) in [5.74, 6) is 1.59. The molecule has 5 heteroatoms. The molecule has 1 aliphatic carbocycles. The Morgan fingerprint density at radius 2 is 1.90 bits per heavy atom. The molecule has 2 atom stereocenters. The second-order valence-corrected chi connectivity index (χ2v) is 8.82. The fraction of sp³-hybridized carbons (Fsp3) is 0.500. The summed E-state index contributed by atoms with van der Waals surface area (Å²) in [5.41, 5.74) is 2.10. The predicted molar refractivity (Wildman–Crippen MR) is 115 cm³/mol. The van der Waals surface area contributed by atoms with Gasteiger partial charge in [0.15, 0.2) is 0 Å². The minimum absolute atomic E-state index is 0.133. The largest absolute Gasteiger partial charge is 0.367 e. The van der Waals surface area contributed by atoms with Crippen LogP contribution in [0.1, 0.15) is 48.0 Å². The third kappa shape index (κ3) is 4.30. The highest BCUT2D eigenvalue weighted by Gasteiger charge is 2.37. The smallest absolute Gasteiger partial charge is 0.255 e. The van der Waals surface area contributed by atoms with Gasteiger partial charge in [-0.1, -0.05) is 30.3 Å². The molecule has 29 heavy (non-hydrogen) atoms. The van der Waals surface area contributed by atoms with E-state index in [4.69, 9.17) is 0 Å². The summed E-state index contributed by atoms with van der Waals surface area (Å²) in [6.45, 7) is 3.91. The maximum atomic E-state index is 13.0. The van der Waals surface area contributed by atoms with Crippen LogP contribution in [0.25, 0.3) is 0 Å². The van der Waals surface area contributed by atoms with Crippen LogP contribution in [0.3, 0.4) is 0 Å². The van der Waals surface area contributed by atoms with E-state index in [9.17, 15) is 4.79 Å². The lowest BCUT2D eigenvalue weighted by atomic mass is 9.83. The minimum atomic E-state index is 0.133. The molecule has 3 fully saturated rings. The quantitative estimate of drug-likeness (QED) is 0.844. The van der Waals surface area contributed by atoms with Gasteiger partial charge in [0, 0.05) is 37.9 Å². The molecular formula is C24H30N4O. The number of hydrogen-bond donors (Lipinski definition) is 1. The fourth-order valence-corrected chi connectivity index (χ4v) is 4.93. The zero-order valence-corrected chi connectivity index (χ0v) is 17.0. The van der Waals surface area contributed by atoms with Crippen LogP contribution in [0, 0.1) is 5.92 Å². The molecular weight excluding hydrogens is 360 g/mol. The molecule has 5 rings (SSSR count). The van der Waals surface area contributed by atoms with Crippen LogP contribution in [0.4, 0.5) is 5.82 Å². The SMILES string of the molecule is O=C(c1ccc(NC2CC2)nc1)N1CCC2C(CCCN2Cc2ccccc2)C1. The van der Waals surface area contributed by atoms with Gasteiger partial charge in [-0.3, -0.25) is 9.69 Å². The summed E-state index contributed by atoms with van der Waals surface area (Å²) in [7, 11) is 0. The van der Waals surface area contributed by atoms with Crippen molar-refractivity contribution in [3.8, 4) is 0 Å². The van der Waals surface area contributed by atoms with Gasteiger partial charge in [0.2, 0.25) is 0 Å². The van der Waals surface area contributed by atoms with Gasteiger partial charge in [0.05, 0.1) is 5.56 Å². The highest BCUT2D eigenvalue weighted by molar-refractivity contribution is 5.94. The molecule has 1 N–H and O–H groups in total. The Morgan fingerprint density at radius 1 is 1.03 bits per heavy atom. The Bertz CT molecular complexity index is 834. The van der Waals surface area contributed by atoms with Crippen molar-refractivity contribution in [1.29, 1.82) is 0 Å². The number of carbonyl (C=O) groups excluding carboxylic acids is 1. The van der Waals surface area contributed by atoms with E-state index in [-0.39, 0.29) is 5.91 Å². The van der Waals surface area contributed by atoms with E-state index in [1.807, 2.05) is 12.1 Å². The van der Waals surface area contributed by atoms with E-state index in [0.29, 0.717) is 23.6 Å². The van der Waals surface area contributed by atoms with E-state index in [1.165, 1.54) is 37.8 Å². The van der Waals surface area contributed by atoms with Crippen LogP contribution in [0.15, 0.2) is 48.7 Å². The first kappa shape index (κ1) is 18.6. The van der Waals surface area contributed by atoms with Crippen molar-refractivity contribution in [2.24, 2.45) is 5.92 Å². The first-order chi connectivity index (χ1) is 14.3. The molecule has 2 aromatic rings. The molecule has 3 aliphatic rings. The van der Waals surface area contributed by atoms with Crippen molar-refractivity contribution in [3.05, 3.63) is 59.8 Å². The van der Waals surface area contributed by atoms with Crippen LogP contribution < -0.4 is 5.32 Å². The molecule has 2 unspecified atom stereocenters. The molecule has 0 spiro atoms. The molecule has 1 aromatic carbocycles. The first-order valence-corrected chi connectivity index (χ1v) is 11.1. The summed E-state index contributed by atoms with van der Waals surface area (Å²) in [5, 5.41) is 3.38. The van der Waals surface area contributed by atoms with Crippen molar-refractivity contribution in [3.63, 3.8) is 0 Å². The number of piperidine rings is 2. The zero-order chi connectivity index (χ0) is 19.6. The number of pyridine rings is 1. The first-order valence-electron chi connectivity index (χ1n) is 11.1. The molecule has 2 aliphatic heterocycles. The number of hydrogen-bond acceptors (Lipinski definition) is 4. The third-order valence-electron chi connectivity index (χ3n) is 6.64. The lowest BCUT2D eigenvalue weighted by molar-refractivity contribution is 0.0175. The number of benzene rings is 1. The number of anilines is 1. The standard InChI is InChI=1S/C24H30N4O/c29-24(19-8-11-23(25-15-19)26-21-9-10-21)28-14-12-22-20(17-28)7-4-13-27(22)16-18-5-2-1-3-6-18/h1-3,5-6,8,11,15,20-22H,4,7,9-10,12-14,16-17H2,(H,25,26). The van der Waals surface area contributed by atoms with E-state index in [1.54, 1.807) is 6.20 Å². The van der Waals surface area contributed by atoms with E-state index >= 15 is 0 Å². The Balaban J connectivity index is 1.21. The number of aromatic nitrogens is 1.